The molecule has 1 saturated carbocycles. The van der Waals surface area contributed by atoms with E-state index in [-0.39, 0.29) is 24.6 Å². The largest absolute Gasteiger partial charge is 0.454 e. The fourth-order valence-corrected chi connectivity index (χ4v) is 5.07. The number of benzene rings is 2. The summed E-state index contributed by atoms with van der Waals surface area (Å²) in [5.41, 5.74) is 2.65. The highest BCUT2D eigenvalue weighted by Crippen LogP contribution is 2.33. The second kappa shape index (κ2) is 9.95. The Balaban J connectivity index is 1.37. The molecule has 0 bridgehead atoms. The molecule has 34 heavy (non-hydrogen) atoms. The van der Waals surface area contributed by atoms with E-state index in [1.807, 2.05) is 18.2 Å². The molecule has 2 aromatic carbocycles. The van der Waals surface area contributed by atoms with Crippen molar-refractivity contribution >= 4 is 23.2 Å². The van der Waals surface area contributed by atoms with Gasteiger partial charge in [0.25, 0.3) is 11.8 Å². The second-order valence-electron chi connectivity index (χ2n) is 9.73. The molecule has 180 valence electrons. The lowest BCUT2D eigenvalue weighted by atomic mass is 9.95. The van der Waals surface area contributed by atoms with Crippen LogP contribution in [0.15, 0.2) is 36.4 Å². The molecule has 2 aromatic rings. The van der Waals surface area contributed by atoms with Gasteiger partial charge in [0, 0.05) is 36.1 Å². The average Bonchev–Trinajstić information content (AvgIpc) is 3.33. The van der Waals surface area contributed by atoms with Crippen molar-refractivity contribution < 1.29 is 19.1 Å². The Labute approximate surface area is 200 Å². The zero-order valence-electron chi connectivity index (χ0n) is 19.8. The first-order valence-corrected chi connectivity index (χ1v) is 12.5. The number of fused-ring (bicyclic) bond motifs is 1. The van der Waals surface area contributed by atoms with Crippen LogP contribution in [0.2, 0.25) is 0 Å². The molecule has 0 atom stereocenters. The molecule has 7 heteroatoms. The van der Waals surface area contributed by atoms with Crippen LogP contribution < -0.4 is 25.0 Å². The number of amides is 2. The maximum Gasteiger partial charge on any atom is 0.255 e. The SMILES string of the molecule is CC1CCN(c2ccc(NC(=O)c3ccc4c(c3)OCO4)cc2C(=O)NC2CCCCC2)CC1. The van der Waals surface area contributed by atoms with Crippen molar-refractivity contribution in [2.75, 3.05) is 30.1 Å². The number of carbonyl (C=O) groups excluding carboxylic acids is 2. The number of nitrogens with one attached hydrogen (secondary N) is 2. The number of piperidine rings is 1. The Bertz CT molecular complexity index is 1060. The molecule has 2 fully saturated rings. The summed E-state index contributed by atoms with van der Waals surface area (Å²) >= 11 is 0. The molecular formula is C27H33N3O4. The van der Waals surface area contributed by atoms with Crippen LogP contribution in [-0.4, -0.2) is 37.7 Å². The molecular weight excluding hydrogens is 430 g/mol. The van der Waals surface area contributed by atoms with Crippen LogP contribution in [0.25, 0.3) is 0 Å². The Morgan fingerprint density at radius 1 is 0.882 bits per heavy atom. The molecule has 7 nitrogen and oxygen atoms in total. The van der Waals surface area contributed by atoms with Gasteiger partial charge in [-0.2, -0.15) is 0 Å². The number of rotatable bonds is 5. The van der Waals surface area contributed by atoms with Crippen molar-refractivity contribution in [1.29, 1.82) is 0 Å². The maximum atomic E-state index is 13.4. The molecule has 1 saturated heterocycles. The van der Waals surface area contributed by atoms with Crippen molar-refractivity contribution in [3.8, 4) is 11.5 Å². The Morgan fingerprint density at radius 2 is 1.65 bits per heavy atom. The van der Waals surface area contributed by atoms with Crippen LogP contribution >= 0.6 is 0 Å². The number of carbonyl (C=O) groups is 2. The quantitative estimate of drug-likeness (QED) is 0.655. The molecule has 0 aromatic heterocycles. The zero-order chi connectivity index (χ0) is 23.5. The van der Waals surface area contributed by atoms with E-state index < -0.39 is 0 Å². The molecule has 0 spiro atoms. The van der Waals surface area contributed by atoms with Gasteiger partial charge in [-0.15, -0.1) is 0 Å². The van der Waals surface area contributed by atoms with Crippen molar-refractivity contribution in [1.82, 2.24) is 5.32 Å². The summed E-state index contributed by atoms with van der Waals surface area (Å²) in [6, 6.07) is 11.0. The molecule has 1 aliphatic carbocycles. The minimum atomic E-state index is -0.253. The van der Waals surface area contributed by atoms with Crippen molar-refractivity contribution in [3.05, 3.63) is 47.5 Å². The first-order valence-electron chi connectivity index (χ1n) is 12.5. The summed E-state index contributed by atoms with van der Waals surface area (Å²) in [6.45, 7) is 4.32. The van der Waals surface area contributed by atoms with Crippen LogP contribution in [0.3, 0.4) is 0 Å². The molecule has 2 aliphatic heterocycles. The maximum absolute atomic E-state index is 13.4. The van der Waals surface area contributed by atoms with E-state index in [0.29, 0.717) is 34.2 Å². The van der Waals surface area contributed by atoms with Gasteiger partial charge in [-0.05, 0) is 68.0 Å². The Kier molecular flexibility index (Phi) is 6.61. The smallest absolute Gasteiger partial charge is 0.255 e. The van der Waals surface area contributed by atoms with Gasteiger partial charge in [0.05, 0.1) is 5.56 Å². The fraction of sp³-hybridized carbons (Fsp3) is 0.481. The molecule has 3 aliphatic rings. The van der Waals surface area contributed by atoms with Crippen LogP contribution in [0.5, 0.6) is 11.5 Å². The number of hydrogen-bond donors (Lipinski definition) is 2. The summed E-state index contributed by atoms with van der Waals surface area (Å²) in [5, 5.41) is 6.21. The summed E-state index contributed by atoms with van der Waals surface area (Å²) in [7, 11) is 0. The fourth-order valence-electron chi connectivity index (χ4n) is 5.07. The summed E-state index contributed by atoms with van der Waals surface area (Å²) < 4.78 is 10.7. The van der Waals surface area contributed by atoms with Gasteiger partial charge in [-0.25, -0.2) is 0 Å². The van der Waals surface area contributed by atoms with E-state index >= 15 is 0 Å². The molecule has 2 heterocycles. The van der Waals surface area contributed by atoms with Crippen LogP contribution in [-0.2, 0) is 0 Å². The summed E-state index contributed by atoms with van der Waals surface area (Å²) in [6.07, 6.45) is 7.86. The molecule has 2 amide bonds. The van der Waals surface area contributed by atoms with Gasteiger partial charge in [0.1, 0.15) is 0 Å². The lowest BCUT2D eigenvalue weighted by Gasteiger charge is -2.34. The van der Waals surface area contributed by atoms with Crippen molar-refractivity contribution in [2.45, 2.75) is 57.9 Å². The van der Waals surface area contributed by atoms with E-state index in [1.54, 1.807) is 18.2 Å². The minimum Gasteiger partial charge on any atom is -0.454 e. The van der Waals surface area contributed by atoms with Gasteiger partial charge in [-0.3, -0.25) is 9.59 Å². The normalized spacial score (nSPS) is 18.6. The number of hydrogen-bond acceptors (Lipinski definition) is 5. The number of anilines is 2. The molecule has 2 N–H and O–H groups in total. The van der Waals surface area contributed by atoms with Crippen LogP contribution in [0.4, 0.5) is 11.4 Å². The number of ether oxygens (including phenoxy) is 2. The molecule has 5 rings (SSSR count). The Hall–Kier alpha value is -3.22. The van der Waals surface area contributed by atoms with Gasteiger partial charge in [-0.1, -0.05) is 26.2 Å². The van der Waals surface area contributed by atoms with E-state index in [2.05, 4.69) is 22.5 Å². The predicted molar refractivity (Wildman–Crippen MR) is 132 cm³/mol. The van der Waals surface area contributed by atoms with Gasteiger partial charge < -0.3 is 25.0 Å². The standard InChI is InChI=1S/C27H33N3O4/c1-18-11-13-30(14-12-18)23-9-8-21(16-22(23)27(32)28-20-5-3-2-4-6-20)29-26(31)19-7-10-24-25(15-19)34-17-33-24/h7-10,15-16,18,20H,2-6,11-14,17H2,1H3,(H,28,32)(H,29,31). The van der Waals surface area contributed by atoms with Crippen molar-refractivity contribution in [3.63, 3.8) is 0 Å². The van der Waals surface area contributed by atoms with Gasteiger partial charge >= 0.3 is 0 Å². The molecule has 0 unspecified atom stereocenters. The highest BCUT2D eigenvalue weighted by molar-refractivity contribution is 6.06. The van der Waals surface area contributed by atoms with E-state index in [9.17, 15) is 9.59 Å². The average molecular weight is 464 g/mol. The topological polar surface area (TPSA) is 79.9 Å². The predicted octanol–water partition coefficient (Wildman–Crippen LogP) is 4.97. The van der Waals surface area contributed by atoms with E-state index in [0.717, 1.165) is 57.3 Å². The second-order valence-corrected chi connectivity index (χ2v) is 9.73. The summed E-state index contributed by atoms with van der Waals surface area (Å²) in [5.74, 6) is 1.60. The third kappa shape index (κ3) is 4.98. The van der Waals surface area contributed by atoms with Crippen molar-refractivity contribution in [2.24, 2.45) is 5.92 Å². The van der Waals surface area contributed by atoms with Gasteiger partial charge in [0.15, 0.2) is 11.5 Å². The zero-order valence-corrected chi connectivity index (χ0v) is 19.8. The lowest BCUT2D eigenvalue weighted by molar-refractivity contribution is 0.0927. The monoisotopic (exact) mass is 463 g/mol. The van der Waals surface area contributed by atoms with Crippen LogP contribution in [0, 0.1) is 5.92 Å². The lowest BCUT2D eigenvalue weighted by Crippen LogP contribution is -2.38. The first kappa shape index (κ1) is 22.6. The highest BCUT2D eigenvalue weighted by atomic mass is 16.7. The number of nitrogens with zero attached hydrogens (tertiary/aromatic N) is 1. The summed E-state index contributed by atoms with van der Waals surface area (Å²) in [4.78, 5) is 28.6. The third-order valence-electron chi connectivity index (χ3n) is 7.20. The van der Waals surface area contributed by atoms with E-state index in [4.69, 9.17) is 9.47 Å². The minimum absolute atomic E-state index is 0.0558. The van der Waals surface area contributed by atoms with E-state index in [1.165, 1.54) is 6.42 Å². The molecule has 0 radical (unpaired) electrons. The first-order chi connectivity index (χ1) is 16.6. The Morgan fingerprint density at radius 3 is 2.44 bits per heavy atom. The van der Waals surface area contributed by atoms with Crippen LogP contribution in [0.1, 0.15) is 72.6 Å². The van der Waals surface area contributed by atoms with Gasteiger partial charge in [0.2, 0.25) is 6.79 Å². The third-order valence-corrected chi connectivity index (χ3v) is 7.20. The highest BCUT2D eigenvalue weighted by Gasteiger charge is 2.24.